The van der Waals surface area contributed by atoms with Gasteiger partial charge in [-0.3, -0.25) is 0 Å². The maximum absolute atomic E-state index is 2.37. The lowest BCUT2D eigenvalue weighted by Crippen LogP contribution is -2.13. The standard InChI is InChI=1S/C9H12/c1-7-8-3-2-4-9(7)6-5-8/h2-3,5-9H,4H2,1H3/t7?,8-,9+/m0/s1. The second-order valence-electron chi connectivity index (χ2n) is 3.15. The minimum atomic E-state index is 0.767. The van der Waals surface area contributed by atoms with Gasteiger partial charge in [-0.15, -0.1) is 0 Å². The van der Waals surface area contributed by atoms with E-state index in [0.717, 1.165) is 17.8 Å². The first-order chi connectivity index (χ1) is 4.38. The fourth-order valence-electron chi connectivity index (χ4n) is 1.83. The van der Waals surface area contributed by atoms with Crippen LogP contribution in [0, 0.1) is 17.8 Å². The summed E-state index contributed by atoms with van der Waals surface area (Å²) in [4.78, 5) is 0. The zero-order valence-corrected chi connectivity index (χ0v) is 5.75. The zero-order chi connectivity index (χ0) is 6.27. The maximum Gasteiger partial charge on any atom is -0.00220 e. The van der Waals surface area contributed by atoms with Crippen molar-refractivity contribution < 1.29 is 0 Å². The number of allylic oxidation sites excluding steroid dienone is 4. The van der Waals surface area contributed by atoms with Gasteiger partial charge in [0.15, 0.2) is 0 Å². The molecule has 0 aliphatic heterocycles. The Balaban J connectivity index is 2.30. The Bertz CT molecular complexity index is 163. The minimum absolute atomic E-state index is 0.767. The largest absolute Gasteiger partial charge is 0.0873 e. The fourth-order valence-corrected chi connectivity index (χ4v) is 1.83. The average Bonchev–Trinajstić information content (AvgIpc) is 2.19. The highest BCUT2D eigenvalue weighted by molar-refractivity contribution is 5.17. The van der Waals surface area contributed by atoms with Gasteiger partial charge in [-0.05, 0) is 24.2 Å². The summed E-state index contributed by atoms with van der Waals surface area (Å²) in [7, 11) is 0. The zero-order valence-electron chi connectivity index (χ0n) is 5.75. The molecule has 2 bridgehead atoms. The van der Waals surface area contributed by atoms with E-state index in [1.807, 2.05) is 0 Å². The Morgan fingerprint density at radius 2 is 2.11 bits per heavy atom. The van der Waals surface area contributed by atoms with E-state index in [1.165, 1.54) is 6.42 Å². The molecule has 2 aliphatic carbocycles. The van der Waals surface area contributed by atoms with Gasteiger partial charge < -0.3 is 0 Å². The summed E-state index contributed by atoms with van der Waals surface area (Å²) in [5.41, 5.74) is 0. The first kappa shape index (κ1) is 5.28. The van der Waals surface area contributed by atoms with Crippen molar-refractivity contribution in [2.75, 3.05) is 0 Å². The molecular formula is C9H12. The van der Waals surface area contributed by atoms with Crippen molar-refractivity contribution in [3.63, 3.8) is 0 Å². The first-order valence-electron chi connectivity index (χ1n) is 3.73. The second-order valence-corrected chi connectivity index (χ2v) is 3.15. The molecule has 0 aromatic heterocycles. The molecule has 9 heavy (non-hydrogen) atoms. The van der Waals surface area contributed by atoms with Crippen LogP contribution in [0.2, 0.25) is 0 Å². The summed E-state index contributed by atoms with van der Waals surface area (Å²) in [5.74, 6) is 2.51. The van der Waals surface area contributed by atoms with Gasteiger partial charge in [0.2, 0.25) is 0 Å². The Labute approximate surface area is 56.3 Å². The van der Waals surface area contributed by atoms with Gasteiger partial charge in [-0.25, -0.2) is 0 Å². The molecule has 0 fully saturated rings. The SMILES string of the molecule is CC1[C@H]2C=CC[C@@H]1C=C2. The van der Waals surface area contributed by atoms with Crippen LogP contribution < -0.4 is 0 Å². The number of hydrogen-bond donors (Lipinski definition) is 0. The molecule has 0 heterocycles. The molecule has 0 aromatic carbocycles. The molecule has 0 radical (unpaired) electrons. The molecule has 0 saturated carbocycles. The molecule has 0 N–H and O–H groups in total. The number of fused-ring (bicyclic) bond motifs is 2. The van der Waals surface area contributed by atoms with Crippen LogP contribution in [0.1, 0.15) is 13.3 Å². The van der Waals surface area contributed by atoms with Crippen LogP contribution in [0.4, 0.5) is 0 Å². The van der Waals surface area contributed by atoms with Gasteiger partial charge in [-0.1, -0.05) is 31.2 Å². The molecule has 0 heteroatoms. The third-order valence-corrected chi connectivity index (χ3v) is 2.63. The van der Waals surface area contributed by atoms with Crippen molar-refractivity contribution >= 4 is 0 Å². The van der Waals surface area contributed by atoms with E-state index in [0.29, 0.717) is 0 Å². The molecule has 3 atom stereocenters. The number of hydrogen-bond acceptors (Lipinski definition) is 0. The van der Waals surface area contributed by atoms with E-state index in [-0.39, 0.29) is 0 Å². The summed E-state index contributed by atoms with van der Waals surface area (Å²) < 4.78 is 0. The van der Waals surface area contributed by atoms with Crippen LogP contribution in [0.25, 0.3) is 0 Å². The van der Waals surface area contributed by atoms with Crippen molar-refractivity contribution in [2.24, 2.45) is 17.8 Å². The minimum Gasteiger partial charge on any atom is -0.0873 e. The van der Waals surface area contributed by atoms with Crippen LogP contribution in [0.15, 0.2) is 24.3 Å². The van der Waals surface area contributed by atoms with E-state index in [4.69, 9.17) is 0 Å². The second kappa shape index (κ2) is 1.73. The first-order valence-corrected chi connectivity index (χ1v) is 3.73. The van der Waals surface area contributed by atoms with Crippen molar-refractivity contribution in [1.82, 2.24) is 0 Å². The molecule has 0 spiro atoms. The van der Waals surface area contributed by atoms with Crippen molar-refractivity contribution in [3.8, 4) is 0 Å². The number of rotatable bonds is 0. The van der Waals surface area contributed by atoms with Gasteiger partial charge >= 0.3 is 0 Å². The molecule has 2 aliphatic rings. The van der Waals surface area contributed by atoms with Crippen molar-refractivity contribution in [3.05, 3.63) is 24.3 Å². The lowest BCUT2D eigenvalue weighted by molar-refractivity contribution is 0.392. The fraction of sp³-hybridized carbons (Fsp3) is 0.556. The maximum atomic E-state index is 2.37. The summed E-state index contributed by atoms with van der Waals surface area (Å²) in [6.07, 6.45) is 10.6. The van der Waals surface area contributed by atoms with Crippen LogP contribution in [0.5, 0.6) is 0 Å². The Morgan fingerprint density at radius 1 is 1.22 bits per heavy atom. The molecular weight excluding hydrogens is 108 g/mol. The van der Waals surface area contributed by atoms with Crippen LogP contribution >= 0.6 is 0 Å². The molecule has 0 aromatic rings. The average molecular weight is 120 g/mol. The van der Waals surface area contributed by atoms with E-state index in [1.54, 1.807) is 0 Å². The summed E-state index contributed by atoms with van der Waals surface area (Å²) in [6.45, 7) is 2.35. The third-order valence-electron chi connectivity index (χ3n) is 2.63. The highest BCUT2D eigenvalue weighted by atomic mass is 14.3. The topological polar surface area (TPSA) is 0 Å². The van der Waals surface area contributed by atoms with Crippen LogP contribution in [0.3, 0.4) is 0 Å². The molecule has 0 amide bonds. The summed E-state index contributed by atoms with van der Waals surface area (Å²) in [6, 6.07) is 0. The quantitative estimate of drug-likeness (QED) is 0.430. The van der Waals surface area contributed by atoms with Crippen LogP contribution in [-0.2, 0) is 0 Å². The molecule has 48 valence electrons. The summed E-state index contributed by atoms with van der Waals surface area (Å²) >= 11 is 0. The van der Waals surface area contributed by atoms with Crippen molar-refractivity contribution in [1.29, 1.82) is 0 Å². The Morgan fingerprint density at radius 3 is 2.78 bits per heavy atom. The molecule has 2 rings (SSSR count). The van der Waals surface area contributed by atoms with Crippen LogP contribution in [-0.4, -0.2) is 0 Å². The lowest BCUT2D eigenvalue weighted by atomic mass is 9.83. The van der Waals surface area contributed by atoms with E-state index in [9.17, 15) is 0 Å². The third kappa shape index (κ3) is 0.658. The highest BCUT2D eigenvalue weighted by Gasteiger charge is 2.27. The van der Waals surface area contributed by atoms with Gasteiger partial charge in [0.1, 0.15) is 0 Å². The normalized spacial score (nSPS) is 46.1. The predicted molar refractivity (Wildman–Crippen MR) is 39.0 cm³/mol. The van der Waals surface area contributed by atoms with E-state index >= 15 is 0 Å². The smallest absolute Gasteiger partial charge is 0.00220 e. The van der Waals surface area contributed by atoms with E-state index < -0.39 is 0 Å². The molecule has 0 nitrogen and oxygen atoms in total. The lowest BCUT2D eigenvalue weighted by Gasteiger charge is -2.21. The summed E-state index contributed by atoms with van der Waals surface area (Å²) in [5, 5.41) is 0. The van der Waals surface area contributed by atoms with Gasteiger partial charge in [0.05, 0.1) is 0 Å². The van der Waals surface area contributed by atoms with Gasteiger partial charge in [0.25, 0.3) is 0 Å². The van der Waals surface area contributed by atoms with Gasteiger partial charge in [-0.2, -0.15) is 0 Å². The monoisotopic (exact) mass is 120 g/mol. The van der Waals surface area contributed by atoms with Crippen molar-refractivity contribution in [2.45, 2.75) is 13.3 Å². The van der Waals surface area contributed by atoms with E-state index in [2.05, 4.69) is 31.2 Å². The Kier molecular flexibility index (Phi) is 1.01. The predicted octanol–water partition coefficient (Wildman–Crippen LogP) is 2.38. The molecule has 0 saturated heterocycles. The highest BCUT2D eigenvalue weighted by Crippen LogP contribution is 2.37. The Hall–Kier alpha value is -0.520. The van der Waals surface area contributed by atoms with Gasteiger partial charge in [0, 0.05) is 0 Å². The molecule has 1 unspecified atom stereocenters.